The van der Waals surface area contributed by atoms with Crippen LogP contribution in [0.2, 0.25) is 0 Å². The molecule has 1 saturated heterocycles. The van der Waals surface area contributed by atoms with Crippen LogP contribution in [0.25, 0.3) is 0 Å². The SMILES string of the molecule is CCC1CN(S(=O)(=O)c2ccc(S(=O)(=O)F)cc2)CCO1. The van der Waals surface area contributed by atoms with Gasteiger partial charge < -0.3 is 4.74 Å². The topological polar surface area (TPSA) is 80.8 Å². The quantitative estimate of drug-likeness (QED) is 0.770. The minimum absolute atomic E-state index is 0.0633. The minimum atomic E-state index is -4.83. The second-order valence-corrected chi connectivity index (χ2v) is 7.96. The second-order valence-electron chi connectivity index (χ2n) is 4.67. The van der Waals surface area contributed by atoms with Gasteiger partial charge in [0.1, 0.15) is 0 Å². The van der Waals surface area contributed by atoms with Crippen molar-refractivity contribution in [3.63, 3.8) is 0 Å². The first-order valence-corrected chi connectivity index (χ1v) is 9.24. The van der Waals surface area contributed by atoms with Crippen LogP contribution in [-0.4, -0.2) is 46.9 Å². The summed E-state index contributed by atoms with van der Waals surface area (Å²) in [6, 6.07) is 4.08. The summed E-state index contributed by atoms with van der Waals surface area (Å²) < 4.78 is 65.9. The molecule has 118 valence electrons. The van der Waals surface area contributed by atoms with Crippen molar-refractivity contribution in [2.75, 3.05) is 19.7 Å². The van der Waals surface area contributed by atoms with E-state index in [2.05, 4.69) is 0 Å². The Balaban J connectivity index is 2.27. The fourth-order valence-corrected chi connectivity index (χ4v) is 4.00. The van der Waals surface area contributed by atoms with Gasteiger partial charge >= 0.3 is 10.2 Å². The summed E-state index contributed by atoms with van der Waals surface area (Å²) >= 11 is 0. The van der Waals surface area contributed by atoms with Crippen molar-refractivity contribution < 1.29 is 25.5 Å². The Morgan fingerprint density at radius 3 is 2.29 bits per heavy atom. The normalized spacial score (nSPS) is 21.3. The van der Waals surface area contributed by atoms with Gasteiger partial charge in [0.05, 0.1) is 22.5 Å². The molecular formula is C12H16FNO5S2. The van der Waals surface area contributed by atoms with E-state index in [1.54, 1.807) is 0 Å². The molecule has 1 fully saturated rings. The average Bonchev–Trinajstić information content (AvgIpc) is 2.46. The standard InChI is InChI=1S/C12H16FNO5S2/c1-2-10-9-14(7-8-19-10)21(17,18)12-5-3-11(4-6-12)20(13,15)16/h3-6,10H,2,7-9H2,1H3. The largest absolute Gasteiger partial charge is 0.375 e. The number of ether oxygens (including phenoxy) is 1. The number of halogens is 1. The molecule has 0 aromatic heterocycles. The van der Waals surface area contributed by atoms with Crippen LogP contribution in [0.3, 0.4) is 0 Å². The maximum Gasteiger partial charge on any atom is 0.332 e. The number of hydrogen-bond acceptors (Lipinski definition) is 5. The third-order valence-electron chi connectivity index (χ3n) is 3.30. The van der Waals surface area contributed by atoms with E-state index in [1.807, 2.05) is 6.92 Å². The molecule has 1 aliphatic rings. The Hall–Kier alpha value is -1.03. The molecule has 1 heterocycles. The van der Waals surface area contributed by atoms with Crippen molar-refractivity contribution in [2.45, 2.75) is 29.2 Å². The van der Waals surface area contributed by atoms with E-state index in [-0.39, 0.29) is 24.1 Å². The third-order valence-corrected chi connectivity index (χ3v) is 6.01. The Bertz CT molecular complexity index is 700. The Morgan fingerprint density at radius 2 is 1.76 bits per heavy atom. The van der Waals surface area contributed by atoms with E-state index < -0.39 is 25.1 Å². The first kappa shape index (κ1) is 16.3. The predicted octanol–water partition coefficient (Wildman–Crippen LogP) is 1.14. The van der Waals surface area contributed by atoms with Gasteiger partial charge in [-0.2, -0.15) is 12.7 Å². The van der Waals surface area contributed by atoms with Gasteiger partial charge in [0.15, 0.2) is 0 Å². The Labute approximate surface area is 123 Å². The van der Waals surface area contributed by atoms with Crippen molar-refractivity contribution in [1.29, 1.82) is 0 Å². The number of benzene rings is 1. The zero-order valence-corrected chi connectivity index (χ0v) is 13.0. The highest BCUT2D eigenvalue weighted by molar-refractivity contribution is 7.89. The molecule has 0 radical (unpaired) electrons. The molecule has 0 bridgehead atoms. The lowest BCUT2D eigenvalue weighted by Gasteiger charge is -2.31. The second kappa shape index (κ2) is 5.99. The molecule has 2 rings (SSSR count). The first-order chi connectivity index (χ1) is 9.75. The average molecular weight is 337 g/mol. The van der Waals surface area contributed by atoms with Crippen molar-refractivity contribution in [1.82, 2.24) is 4.31 Å². The molecule has 1 aliphatic heterocycles. The number of hydrogen-bond donors (Lipinski definition) is 0. The Kier molecular flexibility index (Phi) is 4.66. The fourth-order valence-electron chi connectivity index (χ4n) is 2.08. The van der Waals surface area contributed by atoms with E-state index in [0.29, 0.717) is 13.0 Å². The maximum atomic E-state index is 12.8. The number of morpholine rings is 1. The highest BCUT2D eigenvalue weighted by atomic mass is 32.3. The van der Waals surface area contributed by atoms with Gasteiger partial charge in [0.25, 0.3) is 0 Å². The van der Waals surface area contributed by atoms with Crippen molar-refractivity contribution in [3.05, 3.63) is 24.3 Å². The summed E-state index contributed by atoms with van der Waals surface area (Å²) in [5.74, 6) is 0. The van der Waals surface area contributed by atoms with Crippen LogP contribution >= 0.6 is 0 Å². The highest BCUT2D eigenvalue weighted by Crippen LogP contribution is 2.22. The first-order valence-electron chi connectivity index (χ1n) is 6.41. The summed E-state index contributed by atoms with van der Waals surface area (Å²) in [5.41, 5.74) is 0. The molecule has 0 spiro atoms. The van der Waals surface area contributed by atoms with E-state index in [4.69, 9.17) is 4.74 Å². The fraction of sp³-hybridized carbons (Fsp3) is 0.500. The van der Waals surface area contributed by atoms with Crippen LogP contribution in [-0.2, 0) is 25.0 Å². The third kappa shape index (κ3) is 3.60. The van der Waals surface area contributed by atoms with E-state index in [0.717, 1.165) is 24.3 Å². The predicted molar refractivity (Wildman–Crippen MR) is 73.5 cm³/mol. The van der Waals surface area contributed by atoms with Crippen molar-refractivity contribution in [2.24, 2.45) is 0 Å². The lowest BCUT2D eigenvalue weighted by Crippen LogP contribution is -2.45. The van der Waals surface area contributed by atoms with Crippen LogP contribution in [0.5, 0.6) is 0 Å². The molecule has 1 unspecified atom stereocenters. The van der Waals surface area contributed by atoms with Crippen molar-refractivity contribution in [3.8, 4) is 0 Å². The lowest BCUT2D eigenvalue weighted by atomic mass is 10.2. The Morgan fingerprint density at radius 1 is 1.19 bits per heavy atom. The summed E-state index contributed by atoms with van der Waals surface area (Å²) in [4.78, 5) is -0.624. The smallest absolute Gasteiger partial charge is 0.332 e. The zero-order valence-electron chi connectivity index (χ0n) is 11.4. The van der Waals surface area contributed by atoms with Gasteiger partial charge in [-0.25, -0.2) is 8.42 Å². The minimum Gasteiger partial charge on any atom is -0.375 e. The molecule has 0 aliphatic carbocycles. The van der Waals surface area contributed by atoms with Crippen LogP contribution < -0.4 is 0 Å². The summed E-state index contributed by atoms with van der Waals surface area (Å²) in [5, 5.41) is 0. The van der Waals surface area contributed by atoms with Crippen LogP contribution in [0, 0.1) is 0 Å². The van der Waals surface area contributed by atoms with E-state index >= 15 is 0 Å². The van der Waals surface area contributed by atoms with E-state index in [9.17, 15) is 20.7 Å². The molecule has 0 saturated carbocycles. The van der Waals surface area contributed by atoms with Gasteiger partial charge in [-0.15, -0.1) is 3.89 Å². The number of nitrogens with zero attached hydrogens (tertiary/aromatic N) is 1. The van der Waals surface area contributed by atoms with Gasteiger partial charge in [-0.3, -0.25) is 0 Å². The zero-order chi connectivity index (χ0) is 15.7. The highest BCUT2D eigenvalue weighted by Gasteiger charge is 2.30. The van der Waals surface area contributed by atoms with Crippen LogP contribution in [0.15, 0.2) is 34.1 Å². The van der Waals surface area contributed by atoms with Gasteiger partial charge in [0, 0.05) is 13.1 Å². The van der Waals surface area contributed by atoms with Crippen LogP contribution in [0.4, 0.5) is 3.89 Å². The molecule has 1 atom stereocenters. The molecule has 1 aromatic rings. The number of rotatable bonds is 4. The molecule has 21 heavy (non-hydrogen) atoms. The summed E-state index contributed by atoms with van der Waals surface area (Å²) in [6.45, 7) is 2.71. The van der Waals surface area contributed by atoms with Gasteiger partial charge in [0.2, 0.25) is 10.0 Å². The lowest BCUT2D eigenvalue weighted by molar-refractivity contribution is -0.00277. The van der Waals surface area contributed by atoms with Crippen LogP contribution in [0.1, 0.15) is 13.3 Å². The molecule has 1 aromatic carbocycles. The molecule has 6 nitrogen and oxygen atoms in total. The van der Waals surface area contributed by atoms with E-state index in [1.165, 1.54) is 4.31 Å². The van der Waals surface area contributed by atoms with Gasteiger partial charge in [-0.05, 0) is 30.7 Å². The summed E-state index contributed by atoms with van der Waals surface area (Å²) in [6.07, 6.45) is 0.546. The molecule has 0 N–H and O–H groups in total. The maximum absolute atomic E-state index is 12.8. The molecule has 0 amide bonds. The molecular weight excluding hydrogens is 321 g/mol. The van der Waals surface area contributed by atoms with Crippen molar-refractivity contribution >= 4 is 20.2 Å². The molecule has 9 heteroatoms. The number of sulfonamides is 1. The summed E-state index contributed by atoms with van der Waals surface area (Å²) in [7, 11) is -8.56. The monoisotopic (exact) mass is 337 g/mol. The van der Waals surface area contributed by atoms with Gasteiger partial charge in [-0.1, -0.05) is 6.92 Å².